The van der Waals surface area contributed by atoms with Crippen LogP contribution in [0.15, 0.2) is 36.7 Å². The molecular weight excluding hydrogens is 800 g/mol. The summed E-state index contributed by atoms with van der Waals surface area (Å²) in [6.07, 6.45) is 20.2. The summed E-state index contributed by atoms with van der Waals surface area (Å²) in [4.78, 5) is 15.0. The van der Waals surface area contributed by atoms with Crippen molar-refractivity contribution in [1.82, 2.24) is 14.6 Å². The number of phosphoric ester groups is 1. The van der Waals surface area contributed by atoms with Crippen LogP contribution in [0.1, 0.15) is 159 Å². The molecule has 0 spiro atoms. The van der Waals surface area contributed by atoms with Gasteiger partial charge in [0, 0.05) is 0 Å². The van der Waals surface area contributed by atoms with Gasteiger partial charge in [0.2, 0.25) is 5.60 Å². The minimum Gasteiger partial charge on any atom is -0.495 e. The third-order valence-corrected chi connectivity index (χ3v) is 12.5. The third kappa shape index (κ3) is 13.9. The van der Waals surface area contributed by atoms with Crippen LogP contribution in [0.2, 0.25) is 0 Å². The van der Waals surface area contributed by atoms with Crippen LogP contribution in [0.4, 0.5) is 5.82 Å². The normalized spacial score (nSPS) is 22.1. The SMILES string of the molecule is CCCCCCCCCCCCCCCCCCC[C@H](COP(=O)(O)OC[C@@]1(C#N)O[C@@H](c2ccc3c(N)ncnn23)[C@@H]2OC(C)(C)O[C@@H]21)OCc1ccc(C#N)c(OC)c1. The number of anilines is 1. The standard InChI is InChI=1S/C45H67N6O9P/c1-5-6-7-8-9-10-11-12-13-14-15-16-17-18-19-20-21-22-36(55-29-34-23-24-35(28-46)39(27-34)54-4)30-56-61(52,53)57-32-45(31-47)42-41(58-44(2,3)60-42)40(59-45)37-25-26-38-43(48)49-33-50-51(37)38/h23-27,33,36,40-42H,5-22,29-30,32H2,1-4H3,(H,52,53)(H2,48,49,50)/t36-,40+,41+,42+,45-/m1/s1. The number of nitriles is 2. The molecule has 2 aromatic heterocycles. The number of nitrogen functional groups attached to an aromatic ring is 1. The molecule has 0 saturated carbocycles. The van der Waals surface area contributed by atoms with Crippen molar-refractivity contribution in [1.29, 1.82) is 10.5 Å². The van der Waals surface area contributed by atoms with Crippen LogP contribution < -0.4 is 10.5 Å². The predicted molar refractivity (Wildman–Crippen MR) is 230 cm³/mol. The summed E-state index contributed by atoms with van der Waals surface area (Å²) < 4.78 is 56.4. The van der Waals surface area contributed by atoms with Gasteiger partial charge in [0.1, 0.15) is 54.7 Å². The molecule has 2 fully saturated rings. The highest BCUT2D eigenvalue weighted by Gasteiger charge is 2.65. The molecule has 1 unspecified atom stereocenters. The van der Waals surface area contributed by atoms with Gasteiger partial charge in [-0.05, 0) is 50.1 Å². The Balaban J connectivity index is 1.11. The predicted octanol–water partition coefficient (Wildman–Crippen LogP) is 9.81. The van der Waals surface area contributed by atoms with E-state index < -0.39 is 50.2 Å². The molecule has 2 aliphatic heterocycles. The second-order valence-electron chi connectivity index (χ2n) is 16.8. The Hall–Kier alpha value is -3.63. The van der Waals surface area contributed by atoms with Gasteiger partial charge in [0.15, 0.2) is 11.6 Å². The zero-order valence-electron chi connectivity index (χ0n) is 36.6. The van der Waals surface area contributed by atoms with Crippen molar-refractivity contribution in [2.75, 3.05) is 26.1 Å². The number of rotatable bonds is 29. The molecule has 336 valence electrons. The summed E-state index contributed by atoms with van der Waals surface area (Å²) in [5.41, 5.74) is 6.48. The molecule has 61 heavy (non-hydrogen) atoms. The first-order valence-corrected chi connectivity index (χ1v) is 23.8. The number of fused-ring (bicyclic) bond motifs is 2. The summed E-state index contributed by atoms with van der Waals surface area (Å²) in [6.45, 7) is 4.98. The molecule has 3 N–H and O–H groups in total. The smallest absolute Gasteiger partial charge is 0.472 e. The summed E-state index contributed by atoms with van der Waals surface area (Å²) in [5, 5.41) is 24.3. The average Bonchev–Trinajstić information content (AvgIpc) is 3.92. The van der Waals surface area contributed by atoms with Crippen molar-refractivity contribution in [3.63, 3.8) is 0 Å². The van der Waals surface area contributed by atoms with Gasteiger partial charge >= 0.3 is 7.82 Å². The zero-order chi connectivity index (χ0) is 43.7. The van der Waals surface area contributed by atoms with Crippen LogP contribution in [0.5, 0.6) is 5.75 Å². The Labute approximate surface area is 361 Å². The van der Waals surface area contributed by atoms with E-state index in [0.29, 0.717) is 28.9 Å². The molecule has 2 saturated heterocycles. The maximum Gasteiger partial charge on any atom is 0.472 e. The van der Waals surface area contributed by atoms with Gasteiger partial charge in [-0.3, -0.25) is 9.05 Å². The molecule has 15 nitrogen and oxygen atoms in total. The minimum atomic E-state index is -4.75. The number of nitrogens with two attached hydrogens (primary N) is 1. The Morgan fingerprint density at radius 2 is 1.54 bits per heavy atom. The van der Waals surface area contributed by atoms with E-state index in [2.05, 4.69) is 29.1 Å². The van der Waals surface area contributed by atoms with E-state index in [1.807, 2.05) is 0 Å². The number of unbranched alkanes of at least 4 members (excludes halogenated alkanes) is 16. The lowest BCUT2D eigenvalue weighted by Crippen LogP contribution is -2.45. The number of benzene rings is 1. The van der Waals surface area contributed by atoms with Crippen LogP contribution in [0, 0.1) is 22.7 Å². The lowest BCUT2D eigenvalue weighted by molar-refractivity contribution is -0.204. The van der Waals surface area contributed by atoms with Crippen LogP contribution in [0.3, 0.4) is 0 Å². The lowest BCUT2D eigenvalue weighted by Gasteiger charge is -2.29. The number of hydrogen-bond donors (Lipinski definition) is 2. The number of methoxy groups -OCH3 is 1. The summed E-state index contributed by atoms with van der Waals surface area (Å²) in [7, 11) is -3.25. The van der Waals surface area contributed by atoms with Gasteiger partial charge in [-0.1, -0.05) is 122 Å². The first-order chi connectivity index (χ1) is 29.4. The Morgan fingerprint density at radius 1 is 0.902 bits per heavy atom. The molecule has 4 heterocycles. The molecule has 3 aromatic rings. The average molecular weight is 867 g/mol. The van der Waals surface area contributed by atoms with Crippen LogP contribution in [0.25, 0.3) is 5.52 Å². The quantitative estimate of drug-likeness (QED) is 0.0492. The van der Waals surface area contributed by atoms with Crippen LogP contribution >= 0.6 is 7.82 Å². The second-order valence-corrected chi connectivity index (χ2v) is 18.3. The largest absolute Gasteiger partial charge is 0.495 e. The van der Waals surface area contributed by atoms with E-state index in [9.17, 15) is 20.0 Å². The lowest BCUT2D eigenvalue weighted by atomic mass is 9.96. The third-order valence-electron chi connectivity index (χ3n) is 11.6. The van der Waals surface area contributed by atoms with Crippen molar-refractivity contribution in [2.24, 2.45) is 0 Å². The van der Waals surface area contributed by atoms with Crippen LogP contribution in [-0.2, 0) is 39.2 Å². The van der Waals surface area contributed by atoms with Crippen molar-refractivity contribution < 1.29 is 42.2 Å². The van der Waals surface area contributed by atoms with E-state index in [-0.39, 0.29) is 19.0 Å². The number of hydrogen-bond acceptors (Lipinski definition) is 13. The monoisotopic (exact) mass is 866 g/mol. The molecule has 2 aliphatic rings. The van der Waals surface area contributed by atoms with Crippen molar-refractivity contribution in [3.05, 3.63) is 53.5 Å². The molecular formula is C45H67N6O9P. The molecule has 0 radical (unpaired) electrons. The first-order valence-electron chi connectivity index (χ1n) is 22.3. The Kier molecular flexibility index (Phi) is 18.8. The highest BCUT2D eigenvalue weighted by atomic mass is 31.2. The van der Waals surface area contributed by atoms with Gasteiger partial charge in [0.25, 0.3) is 0 Å². The number of aromatic nitrogens is 3. The molecule has 1 aromatic carbocycles. The first kappa shape index (κ1) is 48.4. The van der Waals surface area contributed by atoms with E-state index in [4.69, 9.17) is 38.5 Å². The topological polar surface area (TPSA) is 206 Å². The maximum atomic E-state index is 13.5. The molecule has 6 atom stereocenters. The molecule has 5 rings (SSSR count). The van der Waals surface area contributed by atoms with E-state index >= 15 is 0 Å². The minimum absolute atomic E-state index is 0.166. The van der Waals surface area contributed by atoms with Gasteiger partial charge in [-0.15, -0.1) is 0 Å². The van der Waals surface area contributed by atoms with Gasteiger partial charge in [-0.25, -0.2) is 14.1 Å². The van der Waals surface area contributed by atoms with E-state index in [0.717, 1.165) is 24.8 Å². The number of phosphoric acid groups is 1. The van der Waals surface area contributed by atoms with Crippen molar-refractivity contribution in [2.45, 2.75) is 179 Å². The van der Waals surface area contributed by atoms with Gasteiger partial charge in [0.05, 0.1) is 37.7 Å². The van der Waals surface area contributed by atoms with Gasteiger partial charge < -0.3 is 34.3 Å². The second kappa shape index (κ2) is 23.7. The summed E-state index contributed by atoms with van der Waals surface area (Å²) >= 11 is 0. The molecule has 0 aliphatic carbocycles. The van der Waals surface area contributed by atoms with Crippen molar-refractivity contribution in [3.8, 4) is 17.9 Å². The number of ether oxygens (including phenoxy) is 5. The molecule has 0 bridgehead atoms. The Morgan fingerprint density at radius 3 is 2.15 bits per heavy atom. The summed E-state index contributed by atoms with van der Waals surface area (Å²) in [5.74, 6) is -0.391. The fourth-order valence-electron chi connectivity index (χ4n) is 8.22. The van der Waals surface area contributed by atoms with E-state index in [1.54, 1.807) is 48.7 Å². The van der Waals surface area contributed by atoms with Crippen LogP contribution in [-0.4, -0.2) is 69.5 Å². The van der Waals surface area contributed by atoms with Crippen molar-refractivity contribution >= 4 is 19.2 Å². The molecule has 16 heteroatoms. The fraction of sp³-hybridized carbons (Fsp3) is 0.689. The fourth-order valence-corrected chi connectivity index (χ4v) is 9.01. The van der Waals surface area contributed by atoms with E-state index in [1.165, 1.54) is 103 Å². The number of nitrogens with zero attached hydrogens (tertiary/aromatic N) is 5. The molecule has 0 amide bonds. The highest BCUT2D eigenvalue weighted by Crippen LogP contribution is 2.52. The maximum absolute atomic E-state index is 13.5. The summed E-state index contributed by atoms with van der Waals surface area (Å²) in [6, 6.07) is 12.9. The highest BCUT2D eigenvalue weighted by molar-refractivity contribution is 7.47. The zero-order valence-corrected chi connectivity index (χ0v) is 37.5. The van der Waals surface area contributed by atoms with Gasteiger partial charge in [-0.2, -0.15) is 15.6 Å². The Bertz CT molecular complexity index is 1950.